The molecular formula is C24H33ClN2O7. The zero-order valence-electron chi connectivity index (χ0n) is 19.5. The maximum Gasteiger partial charge on any atom is 0.224 e. The molecule has 1 heterocycles. The third-order valence-electron chi connectivity index (χ3n) is 5.30. The molecule has 2 aromatic carbocycles. The summed E-state index contributed by atoms with van der Waals surface area (Å²) in [6.45, 7) is 1.19. The van der Waals surface area contributed by atoms with Gasteiger partial charge in [0.1, 0.15) is 30.8 Å². The predicted octanol–water partition coefficient (Wildman–Crippen LogP) is 1.95. The maximum absolute atomic E-state index is 11.8. The predicted molar refractivity (Wildman–Crippen MR) is 131 cm³/mol. The third kappa shape index (κ3) is 7.39. The molecule has 4 N–H and O–H groups in total. The van der Waals surface area contributed by atoms with E-state index in [4.69, 9.17) is 24.1 Å². The van der Waals surface area contributed by atoms with Crippen molar-refractivity contribution in [2.24, 2.45) is 0 Å². The second-order valence-corrected chi connectivity index (χ2v) is 7.64. The van der Waals surface area contributed by atoms with E-state index in [9.17, 15) is 9.90 Å². The van der Waals surface area contributed by atoms with Gasteiger partial charge in [-0.25, -0.2) is 0 Å². The van der Waals surface area contributed by atoms with Crippen LogP contribution in [-0.2, 0) is 17.6 Å². The number of anilines is 1. The summed E-state index contributed by atoms with van der Waals surface area (Å²) in [5, 5.41) is 25.4. The monoisotopic (exact) mass is 496 g/mol. The molecule has 1 atom stereocenters. The largest absolute Gasteiger partial charge is 0.493 e. The van der Waals surface area contributed by atoms with Gasteiger partial charge in [0.2, 0.25) is 5.91 Å². The maximum atomic E-state index is 11.8. The Morgan fingerprint density at radius 2 is 1.76 bits per heavy atom. The minimum Gasteiger partial charge on any atom is -0.493 e. The van der Waals surface area contributed by atoms with Gasteiger partial charge in [0.05, 0.1) is 26.5 Å². The lowest BCUT2D eigenvalue weighted by atomic mass is 10.0. The number of carbonyl (C=O) groups is 1. The number of methoxy groups -OCH3 is 2. The van der Waals surface area contributed by atoms with Crippen LogP contribution in [0.25, 0.3) is 0 Å². The highest BCUT2D eigenvalue weighted by molar-refractivity contribution is 5.96. The number of carbonyl (C=O) groups excluding carboxylic acids is 1. The quantitative estimate of drug-likeness (QED) is 0.311. The lowest BCUT2D eigenvalue weighted by molar-refractivity contribution is -0.116. The summed E-state index contributed by atoms with van der Waals surface area (Å²) in [6, 6.07) is 9.26. The highest BCUT2D eigenvalue weighted by Crippen LogP contribution is 2.39. The molecule has 1 aliphatic rings. The number of halogens is 1. The summed E-state index contributed by atoms with van der Waals surface area (Å²) in [5.74, 6) is 2.39. The molecule has 0 aromatic heterocycles. The SMILES string of the molecule is COc1ccc(CCNCC(O)COc2ccc(OCCO)c3c2CCC(=O)N3)cc1OC.Cl. The van der Waals surface area contributed by atoms with Gasteiger partial charge in [-0.2, -0.15) is 0 Å². The van der Waals surface area contributed by atoms with Gasteiger partial charge in [-0.3, -0.25) is 4.79 Å². The number of benzene rings is 2. The number of fused-ring (bicyclic) bond motifs is 1. The van der Waals surface area contributed by atoms with E-state index in [-0.39, 0.29) is 38.1 Å². The van der Waals surface area contributed by atoms with Crippen molar-refractivity contribution in [2.45, 2.75) is 25.4 Å². The van der Waals surface area contributed by atoms with Crippen LogP contribution in [0.1, 0.15) is 17.5 Å². The molecular weight excluding hydrogens is 464 g/mol. The standard InChI is InChI=1S/C24H32N2O7.ClH/c1-30-20-5-3-16(13-22(20)31-2)9-10-25-14-17(28)15-33-19-6-7-21(32-12-11-27)24-18(19)4-8-23(29)26-24;/h3,5-7,13,17,25,27-28H,4,8-12,14-15H2,1-2H3,(H,26,29);1H. The smallest absolute Gasteiger partial charge is 0.224 e. The number of aliphatic hydroxyl groups is 2. The van der Waals surface area contributed by atoms with Gasteiger partial charge in [-0.15, -0.1) is 12.4 Å². The van der Waals surface area contributed by atoms with Crippen LogP contribution >= 0.6 is 12.4 Å². The summed E-state index contributed by atoms with van der Waals surface area (Å²) in [5.41, 5.74) is 2.50. The molecule has 0 bridgehead atoms. The van der Waals surface area contributed by atoms with Gasteiger partial charge >= 0.3 is 0 Å². The van der Waals surface area contributed by atoms with Crippen LogP contribution in [0.5, 0.6) is 23.0 Å². The zero-order chi connectivity index (χ0) is 23.6. The third-order valence-corrected chi connectivity index (χ3v) is 5.30. The fraction of sp³-hybridized carbons (Fsp3) is 0.458. The highest BCUT2D eigenvalue weighted by atomic mass is 35.5. The van der Waals surface area contributed by atoms with Crippen LogP contribution in [0.15, 0.2) is 30.3 Å². The fourth-order valence-electron chi connectivity index (χ4n) is 3.63. The lowest BCUT2D eigenvalue weighted by Gasteiger charge is -2.23. The van der Waals surface area contributed by atoms with Gasteiger partial charge in [-0.1, -0.05) is 6.07 Å². The summed E-state index contributed by atoms with van der Waals surface area (Å²) < 4.78 is 21.9. The van der Waals surface area contributed by atoms with E-state index in [1.165, 1.54) is 0 Å². The van der Waals surface area contributed by atoms with Crippen LogP contribution in [0.4, 0.5) is 5.69 Å². The van der Waals surface area contributed by atoms with E-state index in [2.05, 4.69) is 10.6 Å². The van der Waals surface area contributed by atoms with E-state index in [0.717, 1.165) is 17.5 Å². The van der Waals surface area contributed by atoms with Crippen LogP contribution in [0, 0.1) is 0 Å². The van der Waals surface area contributed by atoms with Crippen molar-refractivity contribution in [3.63, 3.8) is 0 Å². The first-order chi connectivity index (χ1) is 16.0. The van der Waals surface area contributed by atoms with Crippen molar-refractivity contribution in [2.75, 3.05) is 52.4 Å². The van der Waals surface area contributed by atoms with Crippen LogP contribution < -0.4 is 29.6 Å². The van der Waals surface area contributed by atoms with Gasteiger partial charge in [-0.05, 0) is 49.2 Å². The first-order valence-electron chi connectivity index (χ1n) is 11.0. The number of ether oxygens (including phenoxy) is 4. The van der Waals surface area contributed by atoms with E-state index >= 15 is 0 Å². The van der Waals surface area contributed by atoms with Crippen molar-refractivity contribution >= 4 is 24.0 Å². The zero-order valence-corrected chi connectivity index (χ0v) is 20.3. The summed E-state index contributed by atoms with van der Waals surface area (Å²) in [7, 11) is 3.21. The molecule has 0 saturated heterocycles. The van der Waals surface area contributed by atoms with E-state index in [0.29, 0.717) is 54.6 Å². The summed E-state index contributed by atoms with van der Waals surface area (Å²) >= 11 is 0. The molecule has 0 saturated carbocycles. The van der Waals surface area contributed by atoms with Gasteiger partial charge < -0.3 is 39.8 Å². The first kappa shape index (κ1) is 27.5. The molecule has 2 aromatic rings. The van der Waals surface area contributed by atoms with Gasteiger partial charge in [0.15, 0.2) is 11.5 Å². The Hall–Kier alpha value is -2.72. The molecule has 1 amide bonds. The highest BCUT2D eigenvalue weighted by Gasteiger charge is 2.23. The van der Waals surface area contributed by atoms with E-state index in [1.807, 2.05) is 18.2 Å². The van der Waals surface area contributed by atoms with Gasteiger partial charge in [0.25, 0.3) is 0 Å². The molecule has 1 aliphatic heterocycles. The van der Waals surface area contributed by atoms with Gasteiger partial charge in [0, 0.05) is 18.5 Å². The Morgan fingerprint density at radius 3 is 2.50 bits per heavy atom. The molecule has 9 nitrogen and oxygen atoms in total. The Bertz CT molecular complexity index is 942. The van der Waals surface area contributed by atoms with Crippen molar-refractivity contribution < 1.29 is 34.0 Å². The van der Waals surface area contributed by atoms with Crippen molar-refractivity contribution in [3.05, 3.63) is 41.5 Å². The molecule has 0 spiro atoms. The molecule has 34 heavy (non-hydrogen) atoms. The number of hydrogen-bond acceptors (Lipinski definition) is 8. The van der Waals surface area contributed by atoms with Crippen molar-refractivity contribution in [1.29, 1.82) is 0 Å². The van der Waals surface area contributed by atoms with Crippen LogP contribution in [0.3, 0.4) is 0 Å². The lowest BCUT2D eigenvalue weighted by Crippen LogP contribution is -2.32. The van der Waals surface area contributed by atoms with E-state index in [1.54, 1.807) is 26.4 Å². The fourth-order valence-corrected chi connectivity index (χ4v) is 3.63. The first-order valence-corrected chi connectivity index (χ1v) is 11.0. The Morgan fingerprint density at radius 1 is 1.03 bits per heavy atom. The molecule has 10 heteroatoms. The molecule has 0 fully saturated rings. The molecule has 188 valence electrons. The second kappa shape index (κ2) is 13.9. The Balaban J connectivity index is 0.00000408. The number of nitrogens with one attached hydrogen (secondary N) is 2. The number of hydrogen-bond donors (Lipinski definition) is 4. The molecule has 3 rings (SSSR count). The van der Waals surface area contributed by atoms with Crippen LogP contribution in [0.2, 0.25) is 0 Å². The average Bonchev–Trinajstić information content (AvgIpc) is 2.84. The summed E-state index contributed by atoms with van der Waals surface area (Å²) in [6.07, 6.45) is 0.949. The number of amides is 1. The Kier molecular flexibility index (Phi) is 11.2. The molecule has 1 unspecified atom stereocenters. The van der Waals surface area contributed by atoms with Crippen molar-refractivity contribution in [3.8, 4) is 23.0 Å². The minimum atomic E-state index is -0.699. The normalized spacial score (nSPS) is 13.2. The summed E-state index contributed by atoms with van der Waals surface area (Å²) in [4.78, 5) is 11.8. The number of aliphatic hydroxyl groups excluding tert-OH is 2. The number of rotatable bonds is 13. The topological polar surface area (TPSA) is 119 Å². The Labute approximate surface area is 205 Å². The molecule has 0 radical (unpaired) electrons. The van der Waals surface area contributed by atoms with Crippen molar-refractivity contribution in [1.82, 2.24) is 5.32 Å². The van der Waals surface area contributed by atoms with Crippen LogP contribution in [-0.4, -0.2) is 69.4 Å². The minimum absolute atomic E-state index is 0. The average molecular weight is 497 g/mol. The molecule has 0 aliphatic carbocycles. The second-order valence-electron chi connectivity index (χ2n) is 7.64. The van der Waals surface area contributed by atoms with E-state index < -0.39 is 6.10 Å².